The van der Waals surface area contributed by atoms with Crippen LogP contribution in [0.4, 0.5) is 0 Å². The van der Waals surface area contributed by atoms with Crippen LogP contribution in [0.15, 0.2) is 158 Å². The van der Waals surface area contributed by atoms with E-state index < -0.39 is 0 Å². The molecule has 0 saturated carbocycles. The molecule has 10 rings (SSSR count). The summed E-state index contributed by atoms with van der Waals surface area (Å²) in [5, 5.41) is 5.04. The van der Waals surface area contributed by atoms with Crippen LogP contribution in [0, 0.1) is 13.8 Å². The molecular formula is C56H50N4. The van der Waals surface area contributed by atoms with E-state index in [1.165, 1.54) is 82.7 Å². The van der Waals surface area contributed by atoms with Crippen molar-refractivity contribution < 1.29 is 0 Å². The molecule has 0 amide bonds. The number of hydrogen-bond acceptors (Lipinski definition) is 2. The van der Waals surface area contributed by atoms with Crippen LogP contribution in [0.1, 0.15) is 63.8 Å². The zero-order chi connectivity index (χ0) is 41.5. The molecule has 0 radical (unpaired) electrons. The largest absolute Gasteiger partial charge is 0.309 e. The fourth-order valence-corrected chi connectivity index (χ4v) is 9.57. The molecule has 294 valence electrons. The molecule has 0 unspecified atom stereocenters. The molecule has 6 aromatic carbocycles. The van der Waals surface area contributed by atoms with Gasteiger partial charge < -0.3 is 9.13 Å². The number of para-hydroxylation sites is 4. The van der Waals surface area contributed by atoms with Crippen molar-refractivity contribution >= 4 is 43.6 Å². The molecule has 4 aromatic heterocycles. The highest BCUT2D eigenvalue weighted by molar-refractivity contribution is 6.10. The van der Waals surface area contributed by atoms with Gasteiger partial charge in [-0.2, -0.15) is 0 Å². The molecule has 0 bridgehead atoms. The molecule has 0 aliphatic heterocycles. The average Bonchev–Trinajstić information content (AvgIpc) is 3.76. The topological polar surface area (TPSA) is 35.6 Å². The maximum atomic E-state index is 5.49. The SMILES string of the molecule is Cc1cc(-n2c3ccccc3c3ccccc32)cc(C(C)(C)C)c1-c1cc(-c2cccc(-c3c(C(C)(C)C)ccc(-n4c5ccccc5c5ccccc54)c3C)n2)ccn1. The Labute approximate surface area is 352 Å². The first-order valence-corrected chi connectivity index (χ1v) is 21.1. The molecule has 0 N–H and O–H groups in total. The summed E-state index contributed by atoms with van der Waals surface area (Å²) in [5.74, 6) is 0. The summed E-state index contributed by atoms with van der Waals surface area (Å²) in [7, 11) is 0. The molecule has 0 aliphatic carbocycles. The Morgan fingerprint density at radius 3 is 1.50 bits per heavy atom. The zero-order valence-electron chi connectivity index (χ0n) is 35.8. The van der Waals surface area contributed by atoms with Crippen molar-refractivity contribution in [3.05, 3.63) is 180 Å². The number of nitrogens with zero attached hydrogens (tertiary/aromatic N) is 4. The van der Waals surface area contributed by atoms with Crippen LogP contribution in [0.2, 0.25) is 0 Å². The zero-order valence-corrected chi connectivity index (χ0v) is 35.8. The molecule has 4 heteroatoms. The number of pyridine rings is 2. The van der Waals surface area contributed by atoms with E-state index in [0.29, 0.717) is 0 Å². The fourth-order valence-electron chi connectivity index (χ4n) is 9.57. The third-order valence-corrected chi connectivity index (χ3v) is 12.3. The highest BCUT2D eigenvalue weighted by atomic mass is 15.0. The Morgan fingerprint density at radius 2 is 0.950 bits per heavy atom. The molecule has 0 atom stereocenters. The molecule has 0 fully saturated rings. The summed E-state index contributed by atoms with van der Waals surface area (Å²) in [5.41, 5.74) is 18.1. The van der Waals surface area contributed by atoms with Gasteiger partial charge in [0.25, 0.3) is 0 Å². The summed E-state index contributed by atoms with van der Waals surface area (Å²) in [6.07, 6.45) is 1.94. The van der Waals surface area contributed by atoms with Crippen LogP contribution >= 0.6 is 0 Å². The summed E-state index contributed by atoms with van der Waals surface area (Å²) in [4.78, 5) is 10.5. The van der Waals surface area contributed by atoms with Gasteiger partial charge in [0, 0.05) is 55.8 Å². The van der Waals surface area contributed by atoms with Gasteiger partial charge in [-0.15, -0.1) is 0 Å². The maximum absolute atomic E-state index is 5.49. The second kappa shape index (κ2) is 13.9. The van der Waals surface area contributed by atoms with E-state index in [1.54, 1.807) is 0 Å². The van der Waals surface area contributed by atoms with Crippen molar-refractivity contribution in [2.45, 2.75) is 66.2 Å². The van der Waals surface area contributed by atoms with E-state index in [4.69, 9.17) is 9.97 Å². The van der Waals surface area contributed by atoms with Gasteiger partial charge in [-0.05, 0) is 114 Å². The summed E-state index contributed by atoms with van der Waals surface area (Å²) in [6.45, 7) is 18.3. The predicted molar refractivity (Wildman–Crippen MR) is 254 cm³/mol. The number of rotatable bonds is 5. The van der Waals surface area contributed by atoms with E-state index in [2.05, 4.69) is 216 Å². The highest BCUT2D eigenvalue weighted by Gasteiger charge is 2.26. The molecule has 4 nitrogen and oxygen atoms in total. The first-order valence-electron chi connectivity index (χ1n) is 21.1. The lowest BCUT2D eigenvalue weighted by atomic mass is 9.80. The van der Waals surface area contributed by atoms with E-state index in [1.807, 2.05) is 6.20 Å². The van der Waals surface area contributed by atoms with Crippen molar-refractivity contribution in [3.8, 4) is 45.1 Å². The van der Waals surface area contributed by atoms with E-state index in [9.17, 15) is 0 Å². The van der Waals surface area contributed by atoms with Crippen LogP contribution in [0.25, 0.3) is 88.8 Å². The van der Waals surface area contributed by atoms with Gasteiger partial charge >= 0.3 is 0 Å². The van der Waals surface area contributed by atoms with Gasteiger partial charge in [0.05, 0.1) is 39.1 Å². The van der Waals surface area contributed by atoms with Crippen molar-refractivity contribution in [1.29, 1.82) is 0 Å². The van der Waals surface area contributed by atoms with Crippen LogP contribution in [-0.4, -0.2) is 19.1 Å². The molecule has 60 heavy (non-hydrogen) atoms. The quantitative estimate of drug-likeness (QED) is 0.174. The summed E-state index contributed by atoms with van der Waals surface area (Å²) in [6, 6.07) is 55.0. The van der Waals surface area contributed by atoms with Gasteiger partial charge in [-0.1, -0.05) is 126 Å². The number of fused-ring (bicyclic) bond motifs is 6. The first kappa shape index (κ1) is 37.5. The van der Waals surface area contributed by atoms with E-state index >= 15 is 0 Å². The fraction of sp³-hybridized carbons (Fsp3) is 0.179. The van der Waals surface area contributed by atoms with Gasteiger partial charge in [0.2, 0.25) is 0 Å². The second-order valence-electron chi connectivity index (χ2n) is 18.4. The van der Waals surface area contributed by atoms with Crippen molar-refractivity contribution in [2.75, 3.05) is 0 Å². The Morgan fingerprint density at radius 1 is 0.433 bits per heavy atom. The minimum Gasteiger partial charge on any atom is -0.309 e. The van der Waals surface area contributed by atoms with E-state index in [0.717, 1.165) is 28.3 Å². The van der Waals surface area contributed by atoms with Crippen LogP contribution in [0.5, 0.6) is 0 Å². The third-order valence-electron chi connectivity index (χ3n) is 12.3. The van der Waals surface area contributed by atoms with Crippen molar-refractivity contribution in [3.63, 3.8) is 0 Å². The minimum absolute atomic E-state index is 0.104. The number of benzene rings is 6. The molecule has 0 aliphatic rings. The summed E-state index contributed by atoms with van der Waals surface area (Å²) < 4.78 is 4.84. The second-order valence-corrected chi connectivity index (χ2v) is 18.4. The summed E-state index contributed by atoms with van der Waals surface area (Å²) >= 11 is 0. The number of aromatic nitrogens is 4. The minimum atomic E-state index is -0.146. The van der Waals surface area contributed by atoms with Crippen LogP contribution < -0.4 is 0 Å². The standard InChI is InChI=1S/C56H50N4/c1-35-32-38(59-49-24-13-9-18-39(49)40-19-10-14-25-50(40)59)34-44(56(6,7)8)53(35)47-33-37(30-31-57-47)45-22-17-23-46(58-45)54-36(2)48(29-28-43(54)55(3,4)5)60-51-26-15-11-20-41(51)42-21-12-16-27-52(42)60/h9-34H,1-8H3. The van der Waals surface area contributed by atoms with Gasteiger partial charge in [-0.25, -0.2) is 4.98 Å². The lowest BCUT2D eigenvalue weighted by Crippen LogP contribution is -2.15. The van der Waals surface area contributed by atoms with Crippen molar-refractivity contribution in [2.24, 2.45) is 0 Å². The molecule has 0 spiro atoms. The predicted octanol–water partition coefficient (Wildman–Crippen LogP) is 14.9. The number of aryl methyl sites for hydroxylation is 1. The Kier molecular flexibility index (Phi) is 8.69. The first-order chi connectivity index (χ1) is 28.9. The maximum Gasteiger partial charge on any atom is 0.0715 e. The average molecular weight is 779 g/mol. The Bertz CT molecular complexity index is 3200. The van der Waals surface area contributed by atoms with Crippen LogP contribution in [-0.2, 0) is 10.8 Å². The lowest BCUT2D eigenvalue weighted by molar-refractivity contribution is 0.590. The molecule has 10 aromatic rings. The van der Waals surface area contributed by atoms with Gasteiger partial charge in [0.15, 0.2) is 0 Å². The van der Waals surface area contributed by atoms with Crippen LogP contribution in [0.3, 0.4) is 0 Å². The Balaban J connectivity index is 1.11. The lowest BCUT2D eigenvalue weighted by Gasteiger charge is -2.27. The van der Waals surface area contributed by atoms with E-state index in [-0.39, 0.29) is 10.8 Å². The third kappa shape index (κ3) is 6.04. The molecular weight excluding hydrogens is 729 g/mol. The monoisotopic (exact) mass is 778 g/mol. The van der Waals surface area contributed by atoms with Crippen molar-refractivity contribution in [1.82, 2.24) is 19.1 Å². The smallest absolute Gasteiger partial charge is 0.0715 e. The Hall–Kier alpha value is -6.78. The van der Waals surface area contributed by atoms with Gasteiger partial charge in [0.1, 0.15) is 0 Å². The van der Waals surface area contributed by atoms with Gasteiger partial charge in [-0.3, -0.25) is 4.98 Å². The highest BCUT2D eigenvalue weighted by Crippen LogP contribution is 2.43. The molecule has 0 saturated heterocycles. The number of hydrogen-bond donors (Lipinski definition) is 0. The normalized spacial score (nSPS) is 12.3. The molecule has 4 heterocycles.